The molecule has 0 aliphatic heterocycles. The zero-order valence-corrected chi connectivity index (χ0v) is 14.9. The van der Waals surface area contributed by atoms with E-state index in [1.807, 2.05) is 19.1 Å². The number of hydrogen-bond donors (Lipinski definition) is 0. The summed E-state index contributed by atoms with van der Waals surface area (Å²) in [4.78, 5) is 13.0. The molecule has 1 aromatic carbocycles. The molecule has 21 heavy (non-hydrogen) atoms. The van der Waals surface area contributed by atoms with Crippen LogP contribution < -0.4 is 9.64 Å². The van der Waals surface area contributed by atoms with Gasteiger partial charge in [0, 0.05) is 12.4 Å². The van der Waals surface area contributed by atoms with E-state index in [-0.39, 0.29) is 0 Å². The average Bonchev–Trinajstić information content (AvgIpc) is 2.47. The van der Waals surface area contributed by atoms with E-state index in [9.17, 15) is 4.79 Å². The van der Waals surface area contributed by atoms with E-state index in [1.165, 1.54) is 17.6 Å². The topological polar surface area (TPSA) is 38.8 Å². The lowest BCUT2D eigenvalue weighted by Crippen LogP contribution is -2.26. The first-order valence-electron chi connectivity index (χ1n) is 6.34. The second-order valence-electron chi connectivity index (χ2n) is 4.54. The number of rotatable bonds is 5. The number of halogens is 2. The quantitative estimate of drug-likeness (QED) is 0.563. The van der Waals surface area contributed by atoms with Crippen molar-refractivity contribution in [3.63, 3.8) is 0 Å². The predicted molar refractivity (Wildman–Crippen MR) is 90.1 cm³/mol. The van der Waals surface area contributed by atoms with Gasteiger partial charge in [0.2, 0.25) is 0 Å². The van der Waals surface area contributed by atoms with Crippen LogP contribution in [0.1, 0.15) is 12.5 Å². The molecule has 0 aliphatic rings. The van der Waals surface area contributed by atoms with E-state index in [0.29, 0.717) is 16.5 Å². The van der Waals surface area contributed by atoms with Gasteiger partial charge in [-0.15, -0.1) is 0 Å². The normalized spacial score (nSPS) is 11.2. The SMILES string of the molecule is COC(=O)N(C)c1cc(C/C(C)=C/CBr)cc(OC)c1Cl. The Morgan fingerprint density at radius 1 is 1.43 bits per heavy atom. The van der Waals surface area contributed by atoms with Gasteiger partial charge in [-0.1, -0.05) is 39.2 Å². The lowest BCUT2D eigenvalue weighted by Gasteiger charge is -2.20. The third-order valence-electron chi connectivity index (χ3n) is 3.02. The number of ether oxygens (including phenoxy) is 2. The summed E-state index contributed by atoms with van der Waals surface area (Å²) < 4.78 is 10.0. The number of benzene rings is 1. The van der Waals surface area contributed by atoms with Crippen LogP contribution in [0.4, 0.5) is 10.5 Å². The smallest absolute Gasteiger partial charge is 0.413 e. The van der Waals surface area contributed by atoms with E-state index in [2.05, 4.69) is 22.0 Å². The van der Waals surface area contributed by atoms with Gasteiger partial charge in [-0.05, 0) is 31.0 Å². The highest BCUT2D eigenvalue weighted by Crippen LogP contribution is 2.36. The summed E-state index contributed by atoms with van der Waals surface area (Å²) in [5.74, 6) is 0.534. The number of allylic oxidation sites excluding steroid dienone is 2. The maximum atomic E-state index is 11.7. The molecule has 0 radical (unpaired) electrons. The predicted octanol–water partition coefficient (Wildman–Crippen LogP) is 4.43. The van der Waals surface area contributed by atoms with Crippen molar-refractivity contribution in [3.8, 4) is 5.75 Å². The minimum absolute atomic E-state index is 0.385. The van der Waals surface area contributed by atoms with Gasteiger partial charge in [-0.3, -0.25) is 4.90 Å². The number of alkyl halides is 1. The van der Waals surface area contributed by atoms with Crippen molar-refractivity contribution in [2.24, 2.45) is 0 Å². The average molecular weight is 377 g/mol. The third-order valence-corrected chi connectivity index (χ3v) is 3.72. The van der Waals surface area contributed by atoms with Gasteiger partial charge in [0.25, 0.3) is 0 Å². The van der Waals surface area contributed by atoms with Crippen molar-refractivity contribution < 1.29 is 14.3 Å². The van der Waals surface area contributed by atoms with Crippen molar-refractivity contribution in [1.29, 1.82) is 0 Å². The number of anilines is 1. The molecule has 0 aliphatic carbocycles. The monoisotopic (exact) mass is 375 g/mol. The first kappa shape index (κ1) is 17.9. The number of hydrogen-bond acceptors (Lipinski definition) is 3. The van der Waals surface area contributed by atoms with E-state index < -0.39 is 6.09 Å². The number of methoxy groups -OCH3 is 2. The standard InChI is InChI=1S/C15H19BrClNO3/c1-10(5-6-16)7-11-8-12(18(2)15(19)21-4)14(17)13(9-11)20-3/h5,8-9H,6-7H2,1-4H3/b10-5+. The van der Waals surface area contributed by atoms with Gasteiger partial charge in [0.05, 0.1) is 19.9 Å². The minimum Gasteiger partial charge on any atom is -0.495 e. The van der Waals surface area contributed by atoms with Crippen LogP contribution in [0.2, 0.25) is 5.02 Å². The Bertz CT molecular complexity index is 546. The number of carbonyl (C=O) groups is 1. The molecular formula is C15H19BrClNO3. The van der Waals surface area contributed by atoms with Gasteiger partial charge >= 0.3 is 6.09 Å². The van der Waals surface area contributed by atoms with Crippen LogP contribution in [0, 0.1) is 0 Å². The molecule has 0 unspecified atom stereocenters. The number of carbonyl (C=O) groups excluding carboxylic acids is 1. The first-order valence-corrected chi connectivity index (χ1v) is 7.84. The van der Waals surface area contributed by atoms with E-state index in [1.54, 1.807) is 14.2 Å². The molecule has 4 nitrogen and oxygen atoms in total. The van der Waals surface area contributed by atoms with Crippen molar-refractivity contribution in [2.45, 2.75) is 13.3 Å². The minimum atomic E-state index is -0.483. The van der Waals surface area contributed by atoms with Crippen LogP contribution in [-0.4, -0.2) is 32.7 Å². The summed E-state index contributed by atoms with van der Waals surface area (Å²) in [6.07, 6.45) is 2.36. The number of amides is 1. The Morgan fingerprint density at radius 2 is 2.10 bits per heavy atom. The molecule has 1 amide bonds. The third kappa shape index (κ3) is 4.64. The van der Waals surface area contributed by atoms with Crippen molar-refractivity contribution in [2.75, 3.05) is 31.5 Å². The zero-order valence-electron chi connectivity index (χ0n) is 12.6. The van der Waals surface area contributed by atoms with Gasteiger partial charge in [-0.2, -0.15) is 0 Å². The maximum absolute atomic E-state index is 11.7. The fourth-order valence-corrected chi connectivity index (χ4v) is 2.76. The van der Waals surface area contributed by atoms with Crippen LogP contribution in [0.5, 0.6) is 5.75 Å². The summed E-state index contributed by atoms with van der Waals surface area (Å²) in [5, 5.41) is 1.19. The molecule has 0 bridgehead atoms. The fourth-order valence-electron chi connectivity index (χ4n) is 1.89. The van der Waals surface area contributed by atoms with Gasteiger partial charge in [0.1, 0.15) is 10.8 Å². The van der Waals surface area contributed by atoms with Crippen molar-refractivity contribution in [3.05, 3.63) is 34.4 Å². The molecule has 116 valence electrons. The summed E-state index contributed by atoms with van der Waals surface area (Å²) in [5.41, 5.74) is 2.78. The van der Waals surface area contributed by atoms with E-state index >= 15 is 0 Å². The molecule has 0 spiro atoms. The van der Waals surface area contributed by atoms with Crippen LogP contribution in [0.25, 0.3) is 0 Å². The molecule has 0 saturated heterocycles. The highest BCUT2D eigenvalue weighted by molar-refractivity contribution is 9.09. The zero-order chi connectivity index (χ0) is 16.0. The summed E-state index contributed by atoms with van der Waals surface area (Å²) in [6.45, 7) is 2.05. The first-order chi connectivity index (χ1) is 9.94. The molecule has 0 atom stereocenters. The highest BCUT2D eigenvalue weighted by atomic mass is 79.9. The summed E-state index contributed by atoms with van der Waals surface area (Å²) in [7, 11) is 4.49. The second kappa shape index (κ2) is 8.29. The molecule has 6 heteroatoms. The fraction of sp³-hybridized carbons (Fsp3) is 0.400. The highest BCUT2D eigenvalue weighted by Gasteiger charge is 2.18. The molecule has 0 heterocycles. The van der Waals surface area contributed by atoms with Crippen LogP contribution in [0.15, 0.2) is 23.8 Å². The van der Waals surface area contributed by atoms with E-state index in [0.717, 1.165) is 17.3 Å². The Morgan fingerprint density at radius 3 is 2.62 bits per heavy atom. The van der Waals surface area contributed by atoms with Gasteiger partial charge < -0.3 is 9.47 Å². The van der Waals surface area contributed by atoms with Gasteiger partial charge in [-0.25, -0.2) is 4.79 Å². The molecule has 1 rings (SSSR count). The molecule has 1 aromatic rings. The Labute approximate surface area is 138 Å². The Hall–Kier alpha value is -1.20. The molecule has 0 fully saturated rings. The lowest BCUT2D eigenvalue weighted by atomic mass is 10.0. The Balaban J connectivity index is 3.24. The van der Waals surface area contributed by atoms with Crippen LogP contribution >= 0.6 is 27.5 Å². The number of nitrogens with zero attached hydrogens (tertiary/aromatic N) is 1. The molecule has 0 N–H and O–H groups in total. The summed E-state index contributed by atoms with van der Waals surface area (Å²) in [6, 6.07) is 3.75. The van der Waals surface area contributed by atoms with E-state index in [4.69, 9.17) is 21.1 Å². The molecule has 0 aromatic heterocycles. The molecule has 0 saturated carbocycles. The van der Waals surface area contributed by atoms with Crippen LogP contribution in [0.3, 0.4) is 0 Å². The van der Waals surface area contributed by atoms with Crippen LogP contribution in [-0.2, 0) is 11.2 Å². The maximum Gasteiger partial charge on any atom is 0.413 e. The second-order valence-corrected chi connectivity index (χ2v) is 5.57. The molecular weight excluding hydrogens is 358 g/mol. The van der Waals surface area contributed by atoms with Crippen molar-refractivity contribution in [1.82, 2.24) is 0 Å². The summed E-state index contributed by atoms with van der Waals surface area (Å²) >= 11 is 9.66. The van der Waals surface area contributed by atoms with Gasteiger partial charge in [0.15, 0.2) is 0 Å². The largest absolute Gasteiger partial charge is 0.495 e. The Kier molecular flexibility index (Phi) is 7.05. The lowest BCUT2D eigenvalue weighted by molar-refractivity contribution is 0.180. The van der Waals surface area contributed by atoms with Crippen molar-refractivity contribution >= 4 is 39.3 Å².